The molecular formula is C12H22N2O4. The predicted molar refractivity (Wildman–Crippen MR) is 66.1 cm³/mol. The van der Waals surface area contributed by atoms with Crippen molar-refractivity contribution in [1.82, 2.24) is 10.6 Å². The Hall–Kier alpha value is -1.14. The maximum atomic E-state index is 11.5. The number of amides is 1. The van der Waals surface area contributed by atoms with E-state index in [0.717, 1.165) is 25.9 Å². The van der Waals surface area contributed by atoms with E-state index < -0.39 is 11.6 Å². The monoisotopic (exact) mass is 258 g/mol. The van der Waals surface area contributed by atoms with E-state index in [9.17, 15) is 14.7 Å². The first-order valence-electron chi connectivity index (χ1n) is 6.31. The van der Waals surface area contributed by atoms with Gasteiger partial charge in [0.15, 0.2) is 0 Å². The van der Waals surface area contributed by atoms with Gasteiger partial charge in [0.05, 0.1) is 12.0 Å². The topological polar surface area (TPSA) is 98.7 Å². The quantitative estimate of drug-likeness (QED) is 0.503. The molecule has 0 saturated carbocycles. The van der Waals surface area contributed by atoms with Crippen LogP contribution in [0.5, 0.6) is 0 Å². The van der Waals surface area contributed by atoms with E-state index in [4.69, 9.17) is 5.11 Å². The molecule has 18 heavy (non-hydrogen) atoms. The molecule has 2 unspecified atom stereocenters. The molecule has 1 aliphatic heterocycles. The van der Waals surface area contributed by atoms with Crippen molar-refractivity contribution in [2.75, 3.05) is 19.6 Å². The first-order chi connectivity index (χ1) is 8.39. The third kappa shape index (κ3) is 5.97. The summed E-state index contributed by atoms with van der Waals surface area (Å²) >= 11 is 0. The number of carbonyl (C=O) groups excluding carboxylic acids is 1. The summed E-state index contributed by atoms with van der Waals surface area (Å²) in [5.41, 5.74) is -1.39. The van der Waals surface area contributed by atoms with Crippen molar-refractivity contribution < 1.29 is 19.8 Å². The zero-order valence-corrected chi connectivity index (χ0v) is 10.7. The minimum absolute atomic E-state index is 0.0267. The highest BCUT2D eigenvalue weighted by atomic mass is 16.4. The second-order valence-corrected chi connectivity index (χ2v) is 5.24. The molecule has 2 atom stereocenters. The van der Waals surface area contributed by atoms with Crippen LogP contribution in [0.1, 0.15) is 32.6 Å². The molecule has 0 spiro atoms. The SMILES string of the molecule is CC(O)(CNC(=O)CCC1CCNC1)CC(=O)O. The molecule has 1 heterocycles. The highest BCUT2D eigenvalue weighted by molar-refractivity contribution is 5.76. The Labute approximate surface area is 107 Å². The fourth-order valence-corrected chi connectivity index (χ4v) is 2.06. The molecule has 1 fully saturated rings. The number of hydrogen-bond donors (Lipinski definition) is 4. The van der Waals surface area contributed by atoms with Gasteiger partial charge in [-0.25, -0.2) is 0 Å². The largest absolute Gasteiger partial charge is 0.481 e. The first kappa shape index (κ1) is 14.9. The number of carboxylic acids is 1. The summed E-state index contributed by atoms with van der Waals surface area (Å²) in [5.74, 6) is -0.658. The van der Waals surface area contributed by atoms with Crippen molar-refractivity contribution in [2.45, 2.75) is 38.2 Å². The summed E-state index contributed by atoms with van der Waals surface area (Å²) in [7, 11) is 0. The first-order valence-corrected chi connectivity index (χ1v) is 6.31. The molecule has 4 N–H and O–H groups in total. The van der Waals surface area contributed by atoms with E-state index in [2.05, 4.69) is 10.6 Å². The minimum atomic E-state index is -1.39. The van der Waals surface area contributed by atoms with Crippen molar-refractivity contribution in [1.29, 1.82) is 0 Å². The highest BCUT2D eigenvalue weighted by Gasteiger charge is 2.25. The summed E-state index contributed by atoms with van der Waals surface area (Å²) in [4.78, 5) is 22.0. The average molecular weight is 258 g/mol. The molecule has 0 aromatic rings. The van der Waals surface area contributed by atoms with E-state index in [1.54, 1.807) is 0 Å². The summed E-state index contributed by atoms with van der Waals surface area (Å²) in [6, 6.07) is 0. The molecule has 0 radical (unpaired) electrons. The van der Waals surface area contributed by atoms with Gasteiger partial charge in [-0.2, -0.15) is 0 Å². The zero-order chi connectivity index (χ0) is 13.6. The molecule has 0 aromatic carbocycles. The molecule has 0 aliphatic carbocycles. The zero-order valence-electron chi connectivity index (χ0n) is 10.7. The molecule has 0 bridgehead atoms. The number of aliphatic hydroxyl groups is 1. The van der Waals surface area contributed by atoms with Crippen LogP contribution in [0.2, 0.25) is 0 Å². The number of hydrogen-bond acceptors (Lipinski definition) is 4. The van der Waals surface area contributed by atoms with Crippen molar-refractivity contribution in [3.05, 3.63) is 0 Å². The van der Waals surface area contributed by atoms with Gasteiger partial charge in [-0.1, -0.05) is 0 Å². The van der Waals surface area contributed by atoms with Crippen LogP contribution in [-0.2, 0) is 9.59 Å². The molecule has 1 rings (SSSR count). The Balaban J connectivity index is 2.17. The van der Waals surface area contributed by atoms with Crippen molar-refractivity contribution in [3.8, 4) is 0 Å². The van der Waals surface area contributed by atoms with Crippen molar-refractivity contribution >= 4 is 11.9 Å². The normalized spacial score (nSPS) is 22.4. The van der Waals surface area contributed by atoms with Crippen LogP contribution >= 0.6 is 0 Å². The number of carbonyl (C=O) groups is 2. The predicted octanol–water partition coefficient (Wildman–Crippen LogP) is -0.282. The Morgan fingerprint density at radius 2 is 2.22 bits per heavy atom. The summed E-state index contributed by atoms with van der Waals surface area (Å²) in [5, 5.41) is 24.1. The molecule has 6 heteroatoms. The van der Waals surface area contributed by atoms with Crippen molar-refractivity contribution in [3.63, 3.8) is 0 Å². The van der Waals surface area contributed by atoms with Crippen molar-refractivity contribution in [2.24, 2.45) is 5.92 Å². The van der Waals surface area contributed by atoms with Crippen LogP contribution in [-0.4, -0.2) is 47.3 Å². The molecule has 104 valence electrons. The highest BCUT2D eigenvalue weighted by Crippen LogP contribution is 2.14. The molecule has 1 saturated heterocycles. The maximum absolute atomic E-state index is 11.5. The summed E-state index contributed by atoms with van der Waals surface area (Å²) in [6.45, 7) is 3.35. The van der Waals surface area contributed by atoms with E-state index in [1.807, 2.05) is 0 Å². The van der Waals surface area contributed by atoms with Crippen LogP contribution in [0.4, 0.5) is 0 Å². The summed E-state index contributed by atoms with van der Waals surface area (Å²) < 4.78 is 0. The van der Waals surface area contributed by atoms with Gasteiger partial charge in [0, 0.05) is 13.0 Å². The third-order valence-corrected chi connectivity index (χ3v) is 3.14. The van der Waals surface area contributed by atoms with E-state index in [-0.39, 0.29) is 18.9 Å². The van der Waals surface area contributed by atoms with Crippen LogP contribution in [0.3, 0.4) is 0 Å². The molecule has 6 nitrogen and oxygen atoms in total. The second-order valence-electron chi connectivity index (χ2n) is 5.24. The van der Waals surface area contributed by atoms with Crippen LogP contribution in [0.25, 0.3) is 0 Å². The maximum Gasteiger partial charge on any atom is 0.306 e. The fraction of sp³-hybridized carbons (Fsp3) is 0.833. The lowest BCUT2D eigenvalue weighted by atomic mass is 10.0. The Morgan fingerprint density at radius 3 is 2.78 bits per heavy atom. The summed E-state index contributed by atoms with van der Waals surface area (Å²) in [6.07, 6.45) is 1.99. The molecule has 0 aromatic heterocycles. The van der Waals surface area contributed by atoms with Gasteiger partial charge in [0.2, 0.25) is 5.91 Å². The lowest BCUT2D eigenvalue weighted by Crippen LogP contribution is -2.42. The molecular weight excluding hydrogens is 236 g/mol. The lowest BCUT2D eigenvalue weighted by molar-refractivity contribution is -0.142. The molecule has 1 amide bonds. The average Bonchev–Trinajstić information content (AvgIpc) is 2.74. The Kier molecular flexibility index (Phi) is 5.55. The fourth-order valence-electron chi connectivity index (χ4n) is 2.06. The lowest BCUT2D eigenvalue weighted by Gasteiger charge is -2.21. The van der Waals surface area contributed by atoms with E-state index in [1.165, 1.54) is 6.92 Å². The second kappa shape index (κ2) is 6.70. The van der Waals surface area contributed by atoms with E-state index in [0.29, 0.717) is 12.3 Å². The smallest absolute Gasteiger partial charge is 0.306 e. The van der Waals surface area contributed by atoms with E-state index >= 15 is 0 Å². The van der Waals surface area contributed by atoms with Crippen LogP contribution in [0.15, 0.2) is 0 Å². The van der Waals surface area contributed by atoms with Gasteiger partial charge < -0.3 is 20.8 Å². The Bertz CT molecular complexity index is 298. The number of carboxylic acid groups (broad SMARTS) is 1. The van der Waals surface area contributed by atoms with Gasteiger partial charge in [0.1, 0.15) is 0 Å². The third-order valence-electron chi connectivity index (χ3n) is 3.14. The standard InChI is InChI=1S/C12H22N2O4/c1-12(18,6-11(16)17)8-14-10(15)3-2-9-4-5-13-7-9/h9,13,18H,2-8H2,1H3,(H,14,15)(H,16,17). The van der Waals surface area contributed by atoms with Crippen LogP contribution in [0, 0.1) is 5.92 Å². The number of aliphatic carboxylic acids is 1. The van der Waals surface area contributed by atoms with Gasteiger partial charge in [-0.3, -0.25) is 9.59 Å². The minimum Gasteiger partial charge on any atom is -0.481 e. The number of rotatable bonds is 7. The van der Waals surface area contributed by atoms with Crippen LogP contribution < -0.4 is 10.6 Å². The number of nitrogens with one attached hydrogen (secondary N) is 2. The molecule has 1 aliphatic rings. The van der Waals surface area contributed by atoms with Gasteiger partial charge in [-0.05, 0) is 38.8 Å². The van der Waals surface area contributed by atoms with Gasteiger partial charge in [0.25, 0.3) is 0 Å². The van der Waals surface area contributed by atoms with Gasteiger partial charge in [-0.15, -0.1) is 0 Å². The van der Waals surface area contributed by atoms with Gasteiger partial charge >= 0.3 is 5.97 Å². The Morgan fingerprint density at radius 1 is 1.50 bits per heavy atom.